The minimum absolute atomic E-state index is 0.323. The van der Waals surface area contributed by atoms with E-state index in [0.717, 1.165) is 11.2 Å². The van der Waals surface area contributed by atoms with Crippen molar-refractivity contribution in [1.82, 2.24) is 0 Å². The molecule has 1 nitrogen and oxygen atoms in total. The molecular formula is C32H20O. The zero-order valence-electron chi connectivity index (χ0n) is 18.2. The second-order valence-electron chi connectivity index (χ2n) is 9.30. The van der Waals surface area contributed by atoms with Gasteiger partial charge in [-0.1, -0.05) is 97.1 Å². The third kappa shape index (κ3) is 1.88. The molecule has 2 aliphatic rings. The molecular weight excluding hydrogens is 400 g/mol. The number of fused-ring (bicyclic) bond motifs is 14. The van der Waals surface area contributed by atoms with E-state index in [9.17, 15) is 0 Å². The highest BCUT2D eigenvalue weighted by atomic mass is 16.3. The number of para-hydroxylation sites is 1. The molecule has 33 heavy (non-hydrogen) atoms. The number of aryl methyl sites for hydroxylation is 1. The summed E-state index contributed by atoms with van der Waals surface area (Å²) < 4.78 is 6.56. The Kier molecular flexibility index (Phi) is 3.08. The molecule has 1 atom stereocenters. The monoisotopic (exact) mass is 420 g/mol. The van der Waals surface area contributed by atoms with E-state index in [-0.39, 0.29) is 5.41 Å². The molecule has 8 rings (SSSR count). The van der Waals surface area contributed by atoms with Crippen LogP contribution in [0.1, 0.15) is 27.8 Å². The SMILES string of the molecule is Cc1cccc2c1C1(c3ccccc3-2)c2ccccc2-c2c1ccc1c2oc2ccccc21. The van der Waals surface area contributed by atoms with Gasteiger partial charge in [-0.2, -0.15) is 0 Å². The molecule has 1 spiro atoms. The highest BCUT2D eigenvalue weighted by Gasteiger charge is 2.52. The van der Waals surface area contributed by atoms with Crippen LogP contribution in [0.25, 0.3) is 44.2 Å². The van der Waals surface area contributed by atoms with Gasteiger partial charge >= 0.3 is 0 Å². The lowest BCUT2D eigenvalue weighted by Crippen LogP contribution is -2.26. The average molecular weight is 421 g/mol. The minimum atomic E-state index is -0.323. The normalized spacial score (nSPS) is 17.4. The molecule has 0 saturated carbocycles. The van der Waals surface area contributed by atoms with Crippen LogP contribution in [0.5, 0.6) is 0 Å². The number of hydrogen-bond donors (Lipinski definition) is 0. The van der Waals surface area contributed by atoms with Gasteiger partial charge in [0, 0.05) is 16.3 Å². The molecule has 154 valence electrons. The Morgan fingerprint density at radius 3 is 2.12 bits per heavy atom. The maximum Gasteiger partial charge on any atom is 0.143 e. The van der Waals surface area contributed by atoms with Crippen molar-refractivity contribution in [2.75, 3.05) is 0 Å². The highest BCUT2D eigenvalue weighted by molar-refractivity contribution is 6.13. The molecule has 0 bridgehead atoms. The fourth-order valence-corrected chi connectivity index (χ4v) is 6.67. The van der Waals surface area contributed by atoms with Crippen molar-refractivity contribution in [1.29, 1.82) is 0 Å². The van der Waals surface area contributed by atoms with Crippen LogP contribution < -0.4 is 0 Å². The molecule has 0 amide bonds. The van der Waals surface area contributed by atoms with Crippen LogP contribution in [0, 0.1) is 6.92 Å². The van der Waals surface area contributed by atoms with Gasteiger partial charge in [-0.15, -0.1) is 0 Å². The average Bonchev–Trinajstić information content (AvgIpc) is 3.48. The van der Waals surface area contributed by atoms with Crippen LogP contribution in [0.15, 0.2) is 108 Å². The molecule has 0 fully saturated rings. The Hall–Kier alpha value is -4.10. The second kappa shape index (κ2) is 5.82. The predicted octanol–water partition coefficient (Wildman–Crippen LogP) is 8.24. The number of rotatable bonds is 0. The van der Waals surface area contributed by atoms with Crippen molar-refractivity contribution in [3.8, 4) is 22.3 Å². The van der Waals surface area contributed by atoms with Gasteiger partial charge in [-0.3, -0.25) is 0 Å². The molecule has 1 heteroatoms. The van der Waals surface area contributed by atoms with Gasteiger partial charge in [-0.05, 0) is 57.5 Å². The lowest BCUT2D eigenvalue weighted by Gasteiger charge is -2.31. The van der Waals surface area contributed by atoms with Crippen molar-refractivity contribution < 1.29 is 4.42 Å². The van der Waals surface area contributed by atoms with Crippen molar-refractivity contribution in [2.24, 2.45) is 0 Å². The molecule has 0 N–H and O–H groups in total. The topological polar surface area (TPSA) is 13.1 Å². The Bertz CT molecular complexity index is 1780. The molecule has 0 radical (unpaired) electrons. The van der Waals surface area contributed by atoms with E-state index in [4.69, 9.17) is 4.42 Å². The summed E-state index contributed by atoms with van der Waals surface area (Å²) in [6.07, 6.45) is 0. The molecule has 0 aliphatic heterocycles. The Morgan fingerprint density at radius 1 is 0.545 bits per heavy atom. The van der Waals surface area contributed by atoms with E-state index in [1.807, 2.05) is 6.07 Å². The van der Waals surface area contributed by atoms with Crippen LogP contribution in [0.3, 0.4) is 0 Å². The van der Waals surface area contributed by atoms with Gasteiger partial charge in [0.2, 0.25) is 0 Å². The Morgan fingerprint density at radius 2 is 1.24 bits per heavy atom. The summed E-state index contributed by atoms with van der Waals surface area (Å²) in [5.41, 5.74) is 13.6. The summed E-state index contributed by atoms with van der Waals surface area (Å²) >= 11 is 0. The first-order valence-electron chi connectivity index (χ1n) is 11.5. The van der Waals surface area contributed by atoms with E-state index >= 15 is 0 Å². The van der Waals surface area contributed by atoms with E-state index in [2.05, 4.69) is 104 Å². The maximum absolute atomic E-state index is 6.56. The summed E-state index contributed by atoms with van der Waals surface area (Å²) in [7, 11) is 0. The third-order valence-corrected chi connectivity index (χ3v) is 7.82. The lowest BCUT2D eigenvalue weighted by molar-refractivity contribution is 0.669. The third-order valence-electron chi connectivity index (χ3n) is 7.82. The largest absolute Gasteiger partial charge is 0.455 e. The Labute approximate surface area is 191 Å². The van der Waals surface area contributed by atoms with Crippen molar-refractivity contribution >= 4 is 21.9 Å². The summed E-state index contributed by atoms with van der Waals surface area (Å²) in [5, 5.41) is 2.37. The van der Waals surface area contributed by atoms with Gasteiger partial charge in [0.25, 0.3) is 0 Å². The van der Waals surface area contributed by atoms with Crippen LogP contribution >= 0.6 is 0 Å². The van der Waals surface area contributed by atoms with Crippen molar-refractivity contribution in [3.05, 3.63) is 131 Å². The minimum Gasteiger partial charge on any atom is -0.455 e. The Balaban J connectivity index is 1.64. The first-order valence-corrected chi connectivity index (χ1v) is 11.5. The molecule has 1 heterocycles. The zero-order chi connectivity index (χ0) is 21.7. The predicted molar refractivity (Wildman–Crippen MR) is 135 cm³/mol. The number of benzene rings is 5. The van der Waals surface area contributed by atoms with E-state index in [0.29, 0.717) is 0 Å². The molecule has 1 unspecified atom stereocenters. The summed E-state index contributed by atoms with van der Waals surface area (Å²) in [6.45, 7) is 2.26. The van der Waals surface area contributed by atoms with Crippen LogP contribution in [-0.2, 0) is 5.41 Å². The second-order valence-corrected chi connectivity index (χ2v) is 9.30. The molecule has 2 aliphatic carbocycles. The lowest BCUT2D eigenvalue weighted by atomic mass is 9.69. The molecule has 1 aromatic heterocycles. The van der Waals surface area contributed by atoms with E-state index < -0.39 is 0 Å². The smallest absolute Gasteiger partial charge is 0.143 e. The van der Waals surface area contributed by atoms with Gasteiger partial charge in [0.15, 0.2) is 0 Å². The summed E-state index contributed by atoms with van der Waals surface area (Å²) in [6, 6.07) is 37.6. The van der Waals surface area contributed by atoms with Gasteiger partial charge < -0.3 is 4.42 Å². The summed E-state index contributed by atoms with van der Waals surface area (Å²) in [5.74, 6) is 0. The fourth-order valence-electron chi connectivity index (χ4n) is 6.67. The number of furan rings is 1. The first kappa shape index (κ1) is 17.5. The van der Waals surface area contributed by atoms with Gasteiger partial charge in [0.1, 0.15) is 11.2 Å². The molecule has 6 aromatic rings. The molecule has 5 aromatic carbocycles. The molecule has 0 saturated heterocycles. The van der Waals surface area contributed by atoms with Gasteiger partial charge in [-0.25, -0.2) is 0 Å². The maximum atomic E-state index is 6.56. The zero-order valence-corrected chi connectivity index (χ0v) is 18.2. The number of hydrogen-bond acceptors (Lipinski definition) is 1. The van der Waals surface area contributed by atoms with Gasteiger partial charge in [0.05, 0.1) is 5.41 Å². The first-order chi connectivity index (χ1) is 16.3. The standard InChI is InChI=1S/C32H20O/c1-19-9-8-13-22-20-10-2-5-14-25(20)32(30(19)22)26-15-6-3-12-24(26)29-27(32)18-17-23-21-11-4-7-16-28(21)33-31(23)29/h2-18H,1H3. The van der Waals surface area contributed by atoms with E-state index in [1.54, 1.807) is 0 Å². The highest BCUT2D eigenvalue weighted by Crippen LogP contribution is 2.64. The summed E-state index contributed by atoms with van der Waals surface area (Å²) in [4.78, 5) is 0. The van der Waals surface area contributed by atoms with Crippen molar-refractivity contribution in [2.45, 2.75) is 12.3 Å². The van der Waals surface area contributed by atoms with Crippen LogP contribution in [0.4, 0.5) is 0 Å². The van der Waals surface area contributed by atoms with Crippen LogP contribution in [0.2, 0.25) is 0 Å². The fraction of sp³-hybridized carbons (Fsp3) is 0.0625. The van der Waals surface area contributed by atoms with Crippen molar-refractivity contribution in [3.63, 3.8) is 0 Å². The van der Waals surface area contributed by atoms with Crippen LogP contribution in [-0.4, -0.2) is 0 Å². The van der Waals surface area contributed by atoms with E-state index in [1.165, 1.54) is 60.8 Å². The quantitative estimate of drug-likeness (QED) is 0.241.